The second-order valence-electron chi connectivity index (χ2n) is 7.40. The van der Waals surface area contributed by atoms with E-state index in [9.17, 15) is 4.79 Å². The molecule has 148 valence electrons. The van der Waals surface area contributed by atoms with Gasteiger partial charge in [0.1, 0.15) is 0 Å². The fourth-order valence-electron chi connectivity index (χ4n) is 3.25. The summed E-state index contributed by atoms with van der Waals surface area (Å²) in [6, 6.07) is 8.01. The fraction of sp³-hybridized carbons (Fsp3) is 0.650. The summed E-state index contributed by atoms with van der Waals surface area (Å²) in [7, 11) is 0. The number of ether oxygens (including phenoxy) is 1. The lowest BCUT2D eigenvalue weighted by Crippen LogP contribution is -2.44. The van der Waals surface area contributed by atoms with E-state index in [1.807, 2.05) is 13.8 Å². The highest BCUT2D eigenvalue weighted by Crippen LogP contribution is 2.15. The lowest BCUT2D eigenvalue weighted by atomic mass is 9.99. The van der Waals surface area contributed by atoms with Gasteiger partial charge in [-0.1, -0.05) is 44.5 Å². The second kappa shape index (κ2) is 10.9. The summed E-state index contributed by atoms with van der Waals surface area (Å²) >= 11 is 0. The van der Waals surface area contributed by atoms with Gasteiger partial charge in [-0.25, -0.2) is 0 Å². The summed E-state index contributed by atoms with van der Waals surface area (Å²) in [6.07, 6.45) is 1.48. The third-order valence-electron chi connectivity index (χ3n) is 4.95. The van der Waals surface area contributed by atoms with Crippen LogP contribution in [0.5, 0.6) is 0 Å². The fourth-order valence-corrected chi connectivity index (χ4v) is 3.25. The minimum Gasteiger partial charge on any atom is -0.373 e. The number of rotatable bonds is 7. The van der Waals surface area contributed by atoms with Crippen molar-refractivity contribution in [1.82, 2.24) is 10.2 Å². The van der Waals surface area contributed by atoms with Crippen LogP contribution in [-0.2, 0) is 22.6 Å². The number of nitrogens with zero attached hydrogens (tertiary/aromatic N) is 1. The van der Waals surface area contributed by atoms with Crippen molar-refractivity contribution in [1.29, 1.82) is 0 Å². The molecule has 1 heterocycles. The maximum absolute atomic E-state index is 12.1. The molecule has 1 aromatic rings. The minimum atomic E-state index is -0.436. The number of benzene rings is 1. The van der Waals surface area contributed by atoms with Crippen molar-refractivity contribution in [3.63, 3.8) is 0 Å². The molecule has 4 unspecified atom stereocenters. The first-order valence-corrected chi connectivity index (χ1v) is 9.38. The zero-order chi connectivity index (χ0) is 18.4. The van der Waals surface area contributed by atoms with E-state index < -0.39 is 6.04 Å². The van der Waals surface area contributed by atoms with Crippen LogP contribution in [-0.4, -0.2) is 42.1 Å². The monoisotopic (exact) mass is 383 g/mol. The van der Waals surface area contributed by atoms with Crippen LogP contribution in [0.15, 0.2) is 24.3 Å². The van der Waals surface area contributed by atoms with Crippen molar-refractivity contribution in [3.05, 3.63) is 35.4 Å². The summed E-state index contributed by atoms with van der Waals surface area (Å²) in [5.41, 5.74) is 8.34. The van der Waals surface area contributed by atoms with E-state index in [1.54, 1.807) is 0 Å². The minimum absolute atomic E-state index is 0. The van der Waals surface area contributed by atoms with Crippen LogP contribution in [0.1, 0.15) is 45.2 Å². The number of morpholine rings is 1. The first-order chi connectivity index (χ1) is 11.9. The van der Waals surface area contributed by atoms with Gasteiger partial charge in [0.25, 0.3) is 0 Å². The van der Waals surface area contributed by atoms with E-state index in [2.05, 4.69) is 48.3 Å². The average Bonchev–Trinajstić information content (AvgIpc) is 2.58. The summed E-state index contributed by atoms with van der Waals surface area (Å²) in [6.45, 7) is 11.7. The van der Waals surface area contributed by atoms with Gasteiger partial charge in [0.15, 0.2) is 0 Å². The highest BCUT2D eigenvalue weighted by atomic mass is 35.5. The van der Waals surface area contributed by atoms with Crippen molar-refractivity contribution in [2.45, 2.75) is 65.5 Å². The molecule has 0 aromatic heterocycles. The third kappa shape index (κ3) is 6.88. The Kier molecular flexibility index (Phi) is 9.58. The SMILES string of the molecule is CCC(C)C(N)C(=O)NCc1ccc(CN2CC(C)OC(C)C2)cc1.Cl. The van der Waals surface area contributed by atoms with E-state index in [-0.39, 0.29) is 36.4 Å². The molecule has 0 spiro atoms. The molecule has 2 rings (SSSR count). The van der Waals surface area contributed by atoms with Gasteiger partial charge in [-0.15, -0.1) is 12.4 Å². The summed E-state index contributed by atoms with van der Waals surface area (Å²) in [4.78, 5) is 14.5. The van der Waals surface area contributed by atoms with Crippen LogP contribution < -0.4 is 11.1 Å². The Bertz CT molecular complexity index is 542. The van der Waals surface area contributed by atoms with Gasteiger partial charge in [-0.3, -0.25) is 9.69 Å². The van der Waals surface area contributed by atoms with E-state index in [0.717, 1.165) is 31.6 Å². The quantitative estimate of drug-likeness (QED) is 0.759. The number of halogens is 1. The van der Waals surface area contributed by atoms with Gasteiger partial charge < -0.3 is 15.8 Å². The number of nitrogens with one attached hydrogen (secondary N) is 1. The molecule has 5 nitrogen and oxygen atoms in total. The zero-order valence-electron chi connectivity index (χ0n) is 16.4. The van der Waals surface area contributed by atoms with Crippen LogP contribution in [0.25, 0.3) is 0 Å². The molecule has 0 radical (unpaired) electrons. The predicted molar refractivity (Wildman–Crippen MR) is 108 cm³/mol. The van der Waals surface area contributed by atoms with E-state index >= 15 is 0 Å². The standard InChI is InChI=1S/C20H33N3O2.ClH/c1-5-14(2)19(21)20(24)22-10-17-6-8-18(9-7-17)13-23-11-15(3)25-16(4)12-23;/h6-9,14-16,19H,5,10-13,21H2,1-4H3,(H,22,24);1H. The number of hydrogen-bond donors (Lipinski definition) is 2. The van der Waals surface area contributed by atoms with E-state index in [0.29, 0.717) is 6.54 Å². The molecule has 1 aliphatic rings. The molecule has 6 heteroatoms. The molecule has 1 amide bonds. The Morgan fingerprint density at radius 3 is 2.31 bits per heavy atom. The van der Waals surface area contributed by atoms with Crippen molar-refractivity contribution in [2.24, 2.45) is 11.7 Å². The normalized spacial score (nSPS) is 23.0. The zero-order valence-corrected chi connectivity index (χ0v) is 17.2. The van der Waals surface area contributed by atoms with Gasteiger partial charge in [0.2, 0.25) is 5.91 Å². The molecule has 26 heavy (non-hydrogen) atoms. The molecule has 0 bridgehead atoms. The second-order valence-corrected chi connectivity index (χ2v) is 7.40. The Morgan fingerprint density at radius 1 is 1.23 bits per heavy atom. The number of carbonyl (C=O) groups excluding carboxylic acids is 1. The summed E-state index contributed by atoms with van der Waals surface area (Å²) < 4.78 is 5.78. The summed E-state index contributed by atoms with van der Waals surface area (Å²) in [5.74, 6) is 0.121. The lowest BCUT2D eigenvalue weighted by molar-refractivity contribution is -0.123. The number of carbonyl (C=O) groups is 1. The molecule has 1 aromatic carbocycles. The van der Waals surface area contributed by atoms with Gasteiger partial charge in [0.05, 0.1) is 18.2 Å². The molecule has 1 saturated heterocycles. The third-order valence-corrected chi connectivity index (χ3v) is 4.95. The average molecular weight is 384 g/mol. The van der Waals surface area contributed by atoms with Crippen molar-refractivity contribution in [3.8, 4) is 0 Å². The van der Waals surface area contributed by atoms with Crippen LogP contribution in [0, 0.1) is 5.92 Å². The van der Waals surface area contributed by atoms with Crippen molar-refractivity contribution in [2.75, 3.05) is 13.1 Å². The van der Waals surface area contributed by atoms with Gasteiger partial charge in [0, 0.05) is 26.2 Å². The Morgan fingerprint density at radius 2 is 1.77 bits per heavy atom. The van der Waals surface area contributed by atoms with Gasteiger partial charge >= 0.3 is 0 Å². The molecule has 1 fully saturated rings. The highest BCUT2D eigenvalue weighted by molar-refractivity contribution is 5.85. The Balaban J connectivity index is 0.00000338. The largest absolute Gasteiger partial charge is 0.373 e. The summed E-state index contributed by atoms with van der Waals surface area (Å²) in [5, 5.41) is 2.94. The predicted octanol–water partition coefficient (Wildman–Crippen LogP) is 2.71. The molecule has 4 atom stereocenters. The van der Waals surface area contributed by atoms with E-state index in [1.165, 1.54) is 5.56 Å². The first kappa shape index (κ1) is 22.9. The first-order valence-electron chi connectivity index (χ1n) is 9.38. The number of nitrogens with two attached hydrogens (primary N) is 1. The van der Waals surface area contributed by atoms with E-state index in [4.69, 9.17) is 10.5 Å². The van der Waals surface area contributed by atoms with Gasteiger partial charge in [-0.2, -0.15) is 0 Å². The van der Waals surface area contributed by atoms with Crippen molar-refractivity contribution >= 4 is 18.3 Å². The lowest BCUT2D eigenvalue weighted by Gasteiger charge is -2.35. The molecular formula is C20H34ClN3O2. The smallest absolute Gasteiger partial charge is 0.237 e. The number of hydrogen-bond acceptors (Lipinski definition) is 4. The number of amides is 1. The molecule has 0 saturated carbocycles. The highest BCUT2D eigenvalue weighted by Gasteiger charge is 2.22. The topological polar surface area (TPSA) is 67.6 Å². The van der Waals surface area contributed by atoms with Gasteiger partial charge in [-0.05, 0) is 30.9 Å². The molecule has 3 N–H and O–H groups in total. The molecule has 1 aliphatic heterocycles. The Hall–Kier alpha value is -1.14. The maximum atomic E-state index is 12.1. The Labute approximate surface area is 164 Å². The molecule has 0 aliphatic carbocycles. The van der Waals surface area contributed by atoms with Crippen LogP contribution in [0.2, 0.25) is 0 Å². The van der Waals surface area contributed by atoms with Crippen molar-refractivity contribution < 1.29 is 9.53 Å². The van der Waals surface area contributed by atoms with Crippen LogP contribution >= 0.6 is 12.4 Å². The molecular weight excluding hydrogens is 350 g/mol. The van der Waals surface area contributed by atoms with Crippen LogP contribution in [0.3, 0.4) is 0 Å². The van der Waals surface area contributed by atoms with Crippen LogP contribution in [0.4, 0.5) is 0 Å². The maximum Gasteiger partial charge on any atom is 0.237 e.